The topological polar surface area (TPSA) is 102 Å². The second-order valence-corrected chi connectivity index (χ2v) is 3.83. The maximum absolute atomic E-state index is 11.5. The van der Waals surface area contributed by atoms with E-state index in [1.54, 1.807) is 11.8 Å². The summed E-state index contributed by atoms with van der Waals surface area (Å²) in [6.07, 6.45) is -1.68. The molecule has 92 valence electrons. The van der Waals surface area contributed by atoms with Crippen LogP contribution in [-0.2, 0) is 4.79 Å². The Morgan fingerprint density at radius 3 is 2.25 bits per heavy atom. The summed E-state index contributed by atoms with van der Waals surface area (Å²) in [6, 6.07) is -1.14. The van der Waals surface area contributed by atoms with E-state index in [0.29, 0.717) is 0 Å². The number of nitrogens with zero attached hydrogens (tertiary/aromatic N) is 1. The van der Waals surface area contributed by atoms with Gasteiger partial charge in [0.25, 0.3) is 0 Å². The minimum atomic E-state index is -0.838. The lowest BCUT2D eigenvalue weighted by Crippen LogP contribution is -2.48. The highest BCUT2D eigenvalue weighted by atomic mass is 16.3. The Bertz CT molecular complexity index is 274. The number of hydrogen-bond donors (Lipinski definition) is 4. The first-order valence-corrected chi connectivity index (χ1v) is 5.08. The number of β-amino-alcohol motifs (C(OH)–C–C–N with tert-alkyl or cyclic N) is 2. The number of amides is 3. The molecule has 0 aromatic carbocycles. The summed E-state index contributed by atoms with van der Waals surface area (Å²) in [6.45, 7) is 2.07. The lowest BCUT2D eigenvalue weighted by Gasteiger charge is -2.22. The van der Waals surface area contributed by atoms with E-state index in [1.165, 1.54) is 7.05 Å². The van der Waals surface area contributed by atoms with Crippen LogP contribution < -0.4 is 10.6 Å². The molecule has 0 aliphatic carbocycles. The minimum absolute atomic E-state index is 0.226. The summed E-state index contributed by atoms with van der Waals surface area (Å²) in [5, 5.41) is 23.1. The highest BCUT2D eigenvalue weighted by Gasteiger charge is 2.34. The molecule has 3 amide bonds. The van der Waals surface area contributed by atoms with Crippen LogP contribution in [0.25, 0.3) is 0 Å². The molecule has 7 nitrogen and oxygen atoms in total. The number of carbonyl (C=O) groups is 2. The number of imide groups is 1. The molecule has 1 heterocycles. The summed E-state index contributed by atoms with van der Waals surface area (Å²) in [5.74, 6) is -0.458. The second-order valence-electron chi connectivity index (χ2n) is 3.83. The smallest absolute Gasteiger partial charge is 0.321 e. The van der Waals surface area contributed by atoms with Crippen molar-refractivity contribution in [3.8, 4) is 0 Å². The molecule has 7 heteroatoms. The number of likely N-dealkylation sites (tertiary alicyclic amines) is 1. The normalized spacial score (nSPS) is 27.5. The molecule has 1 saturated heterocycles. The first kappa shape index (κ1) is 12.9. The van der Waals surface area contributed by atoms with Crippen molar-refractivity contribution in [2.24, 2.45) is 0 Å². The van der Waals surface area contributed by atoms with E-state index >= 15 is 0 Å². The Balaban J connectivity index is 2.48. The second kappa shape index (κ2) is 5.24. The third-order valence-electron chi connectivity index (χ3n) is 2.68. The third kappa shape index (κ3) is 2.91. The van der Waals surface area contributed by atoms with Crippen molar-refractivity contribution in [1.82, 2.24) is 15.5 Å². The van der Waals surface area contributed by atoms with Gasteiger partial charge in [0.2, 0.25) is 5.91 Å². The zero-order chi connectivity index (χ0) is 12.3. The predicted molar refractivity (Wildman–Crippen MR) is 55.6 cm³/mol. The largest absolute Gasteiger partial charge is 0.389 e. The summed E-state index contributed by atoms with van der Waals surface area (Å²) < 4.78 is 0. The van der Waals surface area contributed by atoms with Gasteiger partial charge in [-0.05, 0) is 6.92 Å². The Hall–Kier alpha value is -1.18. The Kier molecular flexibility index (Phi) is 4.22. The fourth-order valence-corrected chi connectivity index (χ4v) is 1.56. The number of rotatable bonds is 2. The molecule has 1 rings (SSSR count). The first-order valence-electron chi connectivity index (χ1n) is 5.08. The minimum Gasteiger partial charge on any atom is -0.389 e. The highest BCUT2D eigenvalue weighted by Crippen LogP contribution is 2.13. The van der Waals surface area contributed by atoms with Gasteiger partial charge in [0.1, 0.15) is 0 Å². The number of hydrogen-bond acceptors (Lipinski definition) is 5. The van der Waals surface area contributed by atoms with E-state index in [9.17, 15) is 19.8 Å². The molecule has 3 unspecified atom stereocenters. The van der Waals surface area contributed by atoms with Gasteiger partial charge < -0.3 is 15.5 Å². The molecule has 0 bridgehead atoms. The number of carbonyl (C=O) groups excluding carboxylic acids is 2. The van der Waals surface area contributed by atoms with E-state index in [4.69, 9.17) is 0 Å². The van der Waals surface area contributed by atoms with Crippen LogP contribution in [0, 0.1) is 0 Å². The van der Waals surface area contributed by atoms with E-state index in [-0.39, 0.29) is 13.1 Å². The van der Waals surface area contributed by atoms with Crippen LogP contribution in [0.1, 0.15) is 6.92 Å². The van der Waals surface area contributed by atoms with Crippen LogP contribution in [0.2, 0.25) is 0 Å². The van der Waals surface area contributed by atoms with Gasteiger partial charge in [0.15, 0.2) is 0 Å². The van der Waals surface area contributed by atoms with Crippen molar-refractivity contribution < 1.29 is 19.8 Å². The van der Waals surface area contributed by atoms with Crippen molar-refractivity contribution in [3.05, 3.63) is 0 Å². The summed E-state index contributed by atoms with van der Waals surface area (Å²) in [4.78, 5) is 24.1. The summed E-state index contributed by atoms with van der Waals surface area (Å²) in [7, 11) is 1.41. The van der Waals surface area contributed by atoms with Gasteiger partial charge in [0.05, 0.1) is 18.2 Å². The van der Waals surface area contributed by atoms with Crippen LogP contribution in [0.5, 0.6) is 0 Å². The van der Waals surface area contributed by atoms with Crippen molar-refractivity contribution in [1.29, 1.82) is 0 Å². The van der Waals surface area contributed by atoms with Crippen LogP contribution >= 0.6 is 0 Å². The van der Waals surface area contributed by atoms with Gasteiger partial charge in [-0.1, -0.05) is 0 Å². The van der Waals surface area contributed by atoms with E-state index in [1.807, 2.05) is 0 Å². The lowest BCUT2D eigenvalue weighted by atomic mass is 10.3. The van der Waals surface area contributed by atoms with Crippen LogP contribution in [0.4, 0.5) is 4.79 Å². The number of aliphatic hydroxyl groups excluding tert-OH is 2. The van der Waals surface area contributed by atoms with Crippen LogP contribution in [-0.4, -0.2) is 65.4 Å². The van der Waals surface area contributed by atoms with Gasteiger partial charge in [-0.15, -0.1) is 0 Å². The van der Waals surface area contributed by atoms with Crippen LogP contribution in [0.15, 0.2) is 0 Å². The first-order chi connectivity index (χ1) is 7.45. The van der Waals surface area contributed by atoms with Crippen molar-refractivity contribution in [3.63, 3.8) is 0 Å². The average molecular weight is 231 g/mol. The standard InChI is InChI=1S/C9H17N3O4/c1-5(8(15)11-9(16)10-2)12-3-6(13)7(14)4-12/h5-7,13-14H,3-4H2,1-2H3,(H2,10,11,15,16). The molecular formula is C9H17N3O4. The van der Waals surface area contributed by atoms with Gasteiger partial charge >= 0.3 is 6.03 Å². The van der Waals surface area contributed by atoms with Gasteiger partial charge in [-0.3, -0.25) is 15.0 Å². The van der Waals surface area contributed by atoms with Gasteiger partial charge in [-0.2, -0.15) is 0 Å². The lowest BCUT2D eigenvalue weighted by molar-refractivity contribution is -0.124. The molecule has 16 heavy (non-hydrogen) atoms. The quantitative estimate of drug-likeness (QED) is 0.435. The van der Waals surface area contributed by atoms with E-state index < -0.39 is 30.2 Å². The van der Waals surface area contributed by atoms with Crippen molar-refractivity contribution >= 4 is 11.9 Å². The molecule has 0 radical (unpaired) electrons. The Morgan fingerprint density at radius 2 is 1.81 bits per heavy atom. The molecule has 1 aliphatic heterocycles. The fraction of sp³-hybridized carbons (Fsp3) is 0.778. The molecule has 0 saturated carbocycles. The zero-order valence-electron chi connectivity index (χ0n) is 9.30. The highest BCUT2D eigenvalue weighted by molar-refractivity contribution is 5.96. The molecule has 1 fully saturated rings. The van der Waals surface area contributed by atoms with Crippen molar-refractivity contribution in [2.45, 2.75) is 25.2 Å². The monoisotopic (exact) mass is 231 g/mol. The third-order valence-corrected chi connectivity index (χ3v) is 2.68. The predicted octanol–water partition coefficient (Wildman–Crippen LogP) is -2.13. The maximum Gasteiger partial charge on any atom is 0.321 e. The Labute approximate surface area is 93.4 Å². The number of aliphatic hydroxyl groups is 2. The number of nitrogens with one attached hydrogen (secondary N) is 2. The number of urea groups is 1. The molecular weight excluding hydrogens is 214 g/mol. The molecule has 3 atom stereocenters. The molecule has 0 aromatic heterocycles. The Morgan fingerprint density at radius 1 is 1.31 bits per heavy atom. The molecule has 1 aliphatic rings. The van der Waals surface area contributed by atoms with E-state index in [2.05, 4.69) is 10.6 Å². The average Bonchev–Trinajstić information content (AvgIpc) is 2.57. The molecule has 4 N–H and O–H groups in total. The summed E-state index contributed by atoms with van der Waals surface area (Å²) >= 11 is 0. The van der Waals surface area contributed by atoms with Gasteiger partial charge in [-0.25, -0.2) is 4.79 Å². The molecule has 0 aromatic rings. The SMILES string of the molecule is CNC(=O)NC(=O)C(C)N1CC(O)C(O)C1. The maximum atomic E-state index is 11.5. The molecule has 0 spiro atoms. The fourth-order valence-electron chi connectivity index (χ4n) is 1.56. The van der Waals surface area contributed by atoms with E-state index in [0.717, 1.165) is 0 Å². The van der Waals surface area contributed by atoms with Crippen molar-refractivity contribution in [2.75, 3.05) is 20.1 Å². The zero-order valence-corrected chi connectivity index (χ0v) is 9.30. The summed E-state index contributed by atoms with van der Waals surface area (Å²) in [5.41, 5.74) is 0. The van der Waals surface area contributed by atoms with Gasteiger partial charge in [0, 0.05) is 20.1 Å². The van der Waals surface area contributed by atoms with Crippen LogP contribution in [0.3, 0.4) is 0 Å².